The molecule has 0 bridgehead atoms. The van der Waals surface area contributed by atoms with E-state index in [-0.39, 0.29) is 18.0 Å². The molecule has 2 N–H and O–H groups in total. The van der Waals surface area contributed by atoms with Crippen LogP contribution in [-0.2, 0) is 0 Å². The van der Waals surface area contributed by atoms with Crippen LogP contribution >= 0.6 is 0 Å². The predicted molar refractivity (Wildman–Crippen MR) is 78.5 cm³/mol. The second-order valence-corrected chi connectivity index (χ2v) is 5.96. The smallest absolute Gasteiger partial charge is 0.231 e. The van der Waals surface area contributed by atoms with E-state index in [1.165, 1.54) is 6.42 Å². The Kier molecular flexibility index (Phi) is 5.12. The molecule has 6 nitrogen and oxygen atoms in total. The summed E-state index contributed by atoms with van der Waals surface area (Å²) in [4.78, 5) is 9.24. The molecular formula is C14H27N5O. The van der Waals surface area contributed by atoms with Gasteiger partial charge < -0.3 is 15.2 Å². The molecular weight excluding hydrogens is 254 g/mol. The van der Waals surface area contributed by atoms with E-state index in [9.17, 15) is 0 Å². The Morgan fingerprint density at radius 1 is 1.40 bits per heavy atom. The van der Waals surface area contributed by atoms with Gasteiger partial charge in [0.2, 0.25) is 5.89 Å². The molecule has 1 saturated heterocycles. The highest BCUT2D eigenvalue weighted by molar-refractivity contribution is 5.01. The number of hydrogen-bond acceptors (Lipinski definition) is 6. The fourth-order valence-corrected chi connectivity index (χ4v) is 2.65. The Morgan fingerprint density at radius 2 is 2.15 bits per heavy atom. The van der Waals surface area contributed by atoms with Crippen molar-refractivity contribution in [2.24, 2.45) is 5.73 Å². The topological polar surface area (TPSA) is 71.4 Å². The van der Waals surface area contributed by atoms with Gasteiger partial charge in [-0.25, -0.2) is 0 Å². The van der Waals surface area contributed by atoms with E-state index in [0.717, 1.165) is 31.9 Å². The Labute approximate surface area is 121 Å². The van der Waals surface area contributed by atoms with Gasteiger partial charge in [-0.1, -0.05) is 19.0 Å². The summed E-state index contributed by atoms with van der Waals surface area (Å²) < 4.78 is 5.44. The van der Waals surface area contributed by atoms with Gasteiger partial charge in [-0.3, -0.25) is 4.90 Å². The maximum absolute atomic E-state index is 6.06. The highest BCUT2D eigenvalue weighted by atomic mass is 16.5. The Morgan fingerprint density at radius 3 is 2.85 bits per heavy atom. The van der Waals surface area contributed by atoms with Crippen molar-refractivity contribution < 1.29 is 4.52 Å². The third-order valence-corrected chi connectivity index (χ3v) is 4.33. The van der Waals surface area contributed by atoms with Gasteiger partial charge in [-0.2, -0.15) is 4.98 Å². The molecule has 0 spiro atoms. The van der Waals surface area contributed by atoms with Crippen molar-refractivity contribution in [3.63, 3.8) is 0 Å². The fourth-order valence-electron chi connectivity index (χ4n) is 2.65. The first kappa shape index (κ1) is 15.4. The van der Waals surface area contributed by atoms with Gasteiger partial charge in [-0.15, -0.1) is 0 Å². The molecule has 0 radical (unpaired) electrons. The standard InChI is InChI=1S/C14H27N5O/c1-5-11(15)10(2)14-16-13(17-20-14)12-9-18(3)7-6-8-19(12)4/h10-12H,5-9,15H2,1-4H3. The highest BCUT2D eigenvalue weighted by Gasteiger charge is 2.28. The van der Waals surface area contributed by atoms with Gasteiger partial charge in [-0.05, 0) is 40.0 Å². The lowest BCUT2D eigenvalue weighted by Gasteiger charge is -2.24. The zero-order chi connectivity index (χ0) is 14.7. The summed E-state index contributed by atoms with van der Waals surface area (Å²) in [6, 6.07) is 0.267. The molecule has 1 aromatic rings. The quantitative estimate of drug-likeness (QED) is 0.894. The number of nitrogens with zero attached hydrogens (tertiary/aromatic N) is 4. The molecule has 1 fully saturated rings. The van der Waals surface area contributed by atoms with Crippen molar-refractivity contribution >= 4 is 0 Å². The fraction of sp³-hybridized carbons (Fsp3) is 0.857. The number of nitrogens with two attached hydrogens (primary N) is 1. The molecule has 6 heteroatoms. The molecule has 3 atom stereocenters. The van der Waals surface area contributed by atoms with Crippen LogP contribution in [0.3, 0.4) is 0 Å². The average Bonchev–Trinajstić information content (AvgIpc) is 2.85. The van der Waals surface area contributed by atoms with E-state index in [1.54, 1.807) is 0 Å². The van der Waals surface area contributed by atoms with E-state index in [4.69, 9.17) is 10.3 Å². The van der Waals surface area contributed by atoms with Crippen LogP contribution in [0.4, 0.5) is 0 Å². The summed E-state index contributed by atoms with van der Waals surface area (Å²) in [5, 5.41) is 4.19. The maximum atomic E-state index is 6.06. The van der Waals surface area contributed by atoms with Gasteiger partial charge in [0, 0.05) is 12.6 Å². The van der Waals surface area contributed by atoms with E-state index in [2.05, 4.69) is 41.0 Å². The number of rotatable bonds is 4. The van der Waals surface area contributed by atoms with Gasteiger partial charge in [0.15, 0.2) is 5.82 Å². The summed E-state index contributed by atoms with van der Waals surface area (Å²) in [7, 11) is 4.27. The highest BCUT2D eigenvalue weighted by Crippen LogP contribution is 2.24. The van der Waals surface area contributed by atoms with Crippen molar-refractivity contribution in [3.05, 3.63) is 11.7 Å². The molecule has 20 heavy (non-hydrogen) atoms. The van der Waals surface area contributed by atoms with Crippen LogP contribution in [0.2, 0.25) is 0 Å². The summed E-state index contributed by atoms with van der Waals surface area (Å²) in [6.45, 7) is 7.23. The second kappa shape index (κ2) is 6.65. The molecule has 1 aliphatic rings. The molecule has 2 heterocycles. The normalized spacial score (nSPS) is 25.4. The van der Waals surface area contributed by atoms with Crippen LogP contribution in [0.25, 0.3) is 0 Å². The third-order valence-electron chi connectivity index (χ3n) is 4.33. The van der Waals surface area contributed by atoms with E-state index >= 15 is 0 Å². The Bertz CT molecular complexity index is 421. The third kappa shape index (κ3) is 3.37. The Hall–Kier alpha value is -0.980. The zero-order valence-electron chi connectivity index (χ0n) is 13.0. The molecule has 114 valence electrons. The largest absolute Gasteiger partial charge is 0.339 e. The van der Waals surface area contributed by atoms with Crippen LogP contribution in [-0.4, -0.2) is 59.7 Å². The lowest BCUT2D eigenvalue weighted by molar-refractivity contribution is 0.214. The SMILES string of the molecule is CCC(N)C(C)c1nc(C2CN(C)CCCN2C)no1. The molecule has 2 rings (SSSR count). The molecule has 0 aromatic carbocycles. The molecule has 1 aliphatic heterocycles. The van der Waals surface area contributed by atoms with Gasteiger partial charge in [0.05, 0.1) is 12.0 Å². The van der Waals surface area contributed by atoms with Crippen LogP contribution in [0.15, 0.2) is 4.52 Å². The Balaban J connectivity index is 2.14. The lowest BCUT2D eigenvalue weighted by Crippen LogP contribution is -2.31. The first-order chi connectivity index (χ1) is 9.52. The summed E-state index contributed by atoms with van der Waals surface area (Å²) >= 11 is 0. The van der Waals surface area contributed by atoms with Crippen molar-refractivity contribution in [2.45, 2.75) is 44.7 Å². The number of aromatic nitrogens is 2. The minimum Gasteiger partial charge on any atom is -0.339 e. The molecule has 0 aliphatic carbocycles. The van der Waals surface area contributed by atoms with Crippen molar-refractivity contribution in [3.8, 4) is 0 Å². The van der Waals surface area contributed by atoms with Crippen molar-refractivity contribution in [1.82, 2.24) is 19.9 Å². The number of hydrogen-bond donors (Lipinski definition) is 1. The van der Waals surface area contributed by atoms with Crippen LogP contribution in [0.5, 0.6) is 0 Å². The van der Waals surface area contributed by atoms with Crippen LogP contribution < -0.4 is 5.73 Å². The lowest BCUT2D eigenvalue weighted by atomic mass is 10.0. The predicted octanol–water partition coefficient (Wildman–Crippen LogP) is 1.22. The molecule has 0 amide bonds. The second-order valence-electron chi connectivity index (χ2n) is 5.96. The van der Waals surface area contributed by atoms with E-state index in [0.29, 0.717) is 5.89 Å². The molecule has 1 aromatic heterocycles. The first-order valence-electron chi connectivity index (χ1n) is 7.50. The number of likely N-dealkylation sites (N-methyl/N-ethyl adjacent to an activating group) is 2. The van der Waals surface area contributed by atoms with Crippen molar-refractivity contribution in [1.29, 1.82) is 0 Å². The molecule has 0 saturated carbocycles. The van der Waals surface area contributed by atoms with Gasteiger partial charge in [0.1, 0.15) is 0 Å². The summed E-state index contributed by atoms with van der Waals surface area (Å²) in [5.41, 5.74) is 6.06. The van der Waals surface area contributed by atoms with Crippen LogP contribution in [0.1, 0.15) is 50.4 Å². The minimum absolute atomic E-state index is 0.0674. The van der Waals surface area contributed by atoms with Crippen LogP contribution in [0, 0.1) is 0 Å². The maximum Gasteiger partial charge on any atom is 0.231 e. The molecule has 3 unspecified atom stereocenters. The average molecular weight is 281 g/mol. The minimum atomic E-state index is 0.0674. The monoisotopic (exact) mass is 281 g/mol. The van der Waals surface area contributed by atoms with E-state index < -0.39 is 0 Å². The summed E-state index contributed by atoms with van der Waals surface area (Å²) in [5.74, 6) is 1.55. The van der Waals surface area contributed by atoms with Gasteiger partial charge >= 0.3 is 0 Å². The first-order valence-corrected chi connectivity index (χ1v) is 7.50. The van der Waals surface area contributed by atoms with Gasteiger partial charge in [0.25, 0.3) is 0 Å². The van der Waals surface area contributed by atoms with Crippen molar-refractivity contribution in [2.75, 3.05) is 33.7 Å². The zero-order valence-corrected chi connectivity index (χ0v) is 13.0. The summed E-state index contributed by atoms with van der Waals surface area (Å²) in [6.07, 6.45) is 2.08. The van der Waals surface area contributed by atoms with E-state index in [1.807, 2.05) is 6.92 Å².